The Morgan fingerprint density at radius 1 is 1.47 bits per heavy atom. The maximum Gasteiger partial charge on any atom is 0.326 e. The van der Waals surface area contributed by atoms with Gasteiger partial charge in [0.25, 0.3) is 0 Å². The fourth-order valence-electron chi connectivity index (χ4n) is 2.04. The highest BCUT2D eigenvalue weighted by molar-refractivity contribution is 5.87. The van der Waals surface area contributed by atoms with Gasteiger partial charge in [-0.15, -0.1) is 0 Å². The van der Waals surface area contributed by atoms with E-state index in [9.17, 15) is 9.59 Å². The molecule has 17 heavy (non-hydrogen) atoms. The van der Waals surface area contributed by atoms with Crippen molar-refractivity contribution in [1.29, 1.82) is 0 Å². The summed E-state index contributed by atoms with van der Waals surface area (Å²) in [4.78, 5) is 23.1. The normalized spacial score (nSPS) is 25.9. The van der Waals surface area contributed by atoms with E-state index in [1.54, 1.807) is 0 Å². The Morgan fingerprint density at radius 2 is 2.12 bits per heavy atom. The molecule has 1 aliphatic heterocycles. The summed E-state index contributed by atoms with van der Waals surface area (Å²) >= 11 is 0. The standard InChI is InChI=1S/C12H22N2O3/c1-8(2)6-9(10(15)16)14-11(17)12(3)4-5-13-7-12/h8-9,13H,4-7H2,1-3H3,(H,14,17)(H,15,16)/t9-,12?/m0/s1. The van der Waals surface area contributed by atoms with Gasteiger partial charge in [-0.05, 0) is 32.2 Å². The van der Waals surface area contributed by atoms with Crippen LogP contribution in [0, 0.1) is 11.3 Å². The summed E-state index contributed by atoms with van der Waals surface area (Å²) in [6.07, 6.45) is 1.22. The van der Waals surface area contributed by atoms with Gasteiger partial charge in [-0.3, -0.25) is 4.79 Å². The number of aliphatic carboxylic acids is 1. The van der Waals surface area contributed by atoms with Gasteiger partial charge in [0.1, 0.15) is 6.04 Å². The number of rotatable bonds is 5. The lowest BCUT2D eigenvalue weighted by Crippen LogP contribution is -2.48. The van der Waals surface area contributed by atoms with Gasteiger partial charge in [-0.2, -0.15) is 0 Å². The fourth-order valence-corrected chi connectivity index (χ4v) is 2.04. The van der Waals surface area contributed by atoms with E-state index in [0.717, 1.165) is 13.0 Å². The molecule has 1 unspecified atom stereocenters. The Balaban J connectivity index is 2.60. The average Bonchev–Trinajstić information content (AvgIpc) is 2.64. The largest absolute Gasteiger partial charge is 0.480 e. The highest BCUT2D eigenvalue weighted by atomic mass is 16.4. The van der Waals surface area contributed by atoms with E-state index in [4.69, 9.17) is 5.11 Å². The summed E-state index contributed by atoms with van der Waals surface area (Å²) in [5, 5.41) is 14.8. The molecular formula is C12H22N2O3. The third kappa shape index (κ3) is 3.70. The molecule has 1 amide bonds. The lowest BCUT2D eigenvalue weighted by Gasteiger charge is -2.25. The molecule has 0 aliphatic carbocycles. The lowest BCUT2D eigenvalue weighted by molar-refractivity contribution is -0.143. The molecule has 0 aromatic heterocycles. The molecule has 3 N–H and O–H groups in total. The molecule has 0 spiro atoms. The first-order valence-electron chi connectivity index (χ1n) is 6.09. The molecule has 5 nitrogen and oxygen atoms in total. The minimum absolute atomic E-state index is 0.157. The SMILES string of the molecule is CC(C)C[C@H](NC(=O)C1(C)CCNC1)C(=O)O. The van der Waals surface area contributed by atoms with Crippen LogP contribution in [0.4, 0.5) is 0 Å². The van der Waals surface area contributed by atoms with Gasteiger partial charge < -0.3 is 15.7 Å². The molecule has 1 rings (SSSR count). The number of carbonyl (C=O) groups excluding carboxylic acids is 1. The van der Waals surface area contributed by atoms with E-state index in [2.05, 4.69) is 10.6 Å². The van der Waals surface area contributed by atoms with Gasteiger partial charge in [0, 0.05) is 6.54 Å². The zero-order chi connectivity index (χ0) is 13.1. The Kier molecular flexibility index (Phi) is 4.51. The number of hydrogen-bond donors (Lipinski definition) is 3. The lowest BCUT2D eigenvalue weighted by atomic mass is 9.88. The number of carboxylic acid groups (broad SMARTS) is 1. The second-order valence-corrected chi connectivity index (χ2v) is 5.48. The quantitative estimate of drug-likeness (QED) is 0.659. The van der Waals surface area contributed by atoms with E-state index >= 15 is 0 Å². The number of amides is 1. The van der Waals surface area contributed by atoms with Crippen molar-refractivity contribution in [3.8, 4) is 0 Å². The van der Waals surface area contributed by atoms with Crippen LogP contribution < -0.4 is 10.6 Å². The molecule has 0 aromatic rings. The third-order valence-corrected chi connectivity index (χ3v) is 3.23. The first-order valence-corrected chi connectivity index (χ1v) is 6.09. The molecule has 0 aromatic carbocycles. The number of hydrogen-bond acceptors (Lipinski definition) is 3. The Labute approximate surface area is 102 Å². The first-order chi connectivity index (χ1) is 7.85. The second kappa shape index (κ2) is 5.49. The van der Waals surface area contributed by atoms with Gasteiger partial charge in [-0.25, -0.2) is 4.79 Å². The van der Waals surface area contributed by atoms with E-state index < -0.39 is 17.4 Å². The summed E-state index contributed by atoms with van der Waals surface area (Å²) in [5.74, 6) is -0.872. The van der Waals surface area contributed by atoms with Crippen molar-refractivity contribution in [2.45, 2.75) is 39.7 Å². The zero-order valence-corrected chi connectivity index (χ0v) is 10.7. The van der Waals surface area contributed by atoms with E-state index in [1.165, 1.54) is 0 Å². The number of nitrogens with one attached hydrogen (secondary N) is 2. The highest BCUT2D eigenvalue weighted by Gasteiger charge is 2.38. The predicted octanol–water partition coefficient (Wildman–Crippen LogP) is 0.602. The molecule has 0 bridgehead atoms. The Morgan fingerprint density at radius 3 is 2.53 bits per heavy atom. The minimum atomic E-state index is -0.957. The maximum atomic E-state index is 12.0. The first kappa shape index (κ1) is 14.0. The summed E-state index contributed by atoms with van der Waals surface area (Å²) in [7, 11) is 0. The van der Waals surface area contributed by atoms with Crippen LogP contribution in [0.1, 0.15) is 33.6 Å². The van der Waals surface area contributed by atoms with Crippen molar-refractivity contribution in [2.24, 2.45) is 11.3 Å². The molecule has 1 aliphatic rings. The number of carboxylic acids is 1. The van der Waals surface area contributed by atoms with Crippen LogP contribution in [-0.2, 0) is 9.59 Å². The zero-order valence-electron chi connectivity index (χ0n) is 10.7. The van der Waals surface area contributed by atoms with E-state index in [0.29, 0.717) is 13.0 Å². The molecule has 1 fully saturated rings. The smallest absolute Gasteiger partial charge is 0.326 e. The Hall–Kier alpha value is -1.10. The van der Waals surface area contributed by atoms with Crippen molar-refractivity contribution in [1.82, 2.24) is 10.6 Å². The molecule has 5 heteroatoms. The molecule has 98 valence electrons. The van der Waals surface area contributed by atoms with E-state index in [-0.39, 0.29) is 11.8 Å². The van der Waals surface area contributed by atoms with Crippen molar-refractivity contribution in [3.63, 3.8) is 0 Å². The summed E-state index contributed by atoms with van der Waals surface area (Å²) in [5.41, 5.74) is -0.468. The van der Waals surface area contributed by atoms with Crippen molar-refractivity contribution < 1.29 is 14.7 Å². The van der Waals surface area contributed by atoms with Crippen LogP contribution in [0.2, 0.25) is 0 Å². The number of carbonyl (C=O) groups is 2. The second-order valence-electron chi connectivity index (χ2n) is 5.48. The summed E-state index contributed by atoms with van der Waals surface area (Å²) in [6.45, 7) is 7.19. The molecule has 1 saturated heterocycles. The van der Waals surface area contributed by atoms with Crippen molar-refractivity contribution in [2.75, 3.05) is 13.1 Å². The highest BCUT2D eigenvalue weighted by Crippen LogP contribution is 2.24. The summed E-state index contributed by atoms with van der Waals surface area (Å²) in [6, 6.07) is -0.778. The molecule has 0 radical (unpaired) electrons. The van der Waals surface area contributed by atoms with Crippen LogP contribution in [0.25, 0.3) is 0 Å². The molecule has 2 atom stereocenters. The molecular weight excluding hydrogens is 220 g/mol. The third-order valence-electron chi connectivity index (χ3n) is 3.23. The van der Waals surface area contributed by atoms with E-state index in [1.807, 2.05) is 20.8 Å². The van der Waals surface area contributed by atoms with Gasteiger partial charge in [0.05, 0.1) is 5.41 Å². The monoisotopic (exact) mass is 242 g/mol. The van der Waals surface area contributed by atoms with Crippen LogP contribution in [0.5, 0.6) is 0 Å². The van der Waals surface area contributed by atoms with Gasteiger partial charge in [0.15, 0.2) is 0 Å². The fraction of sp³-hybridized carbons (Fsp3) is 0.833. The van der Waals surface area contributed by atoms with Crippen LogP contribution >= 0.6 is 0 Å². The Bertz CT molecular complexity index is 296. The minimum Gasteiger partial charge on any atom is -0.480 e. The van der Waals surface area contributed by atoms with Gasteiger partial charge >= 0.3 is 5.97 Å². The van der Waals surface area contributed by atoms with Crippen LogP contribution in [0.3, 0.4) is 0 Å². The predicted molar refractivity (Wildman–Crippen MR) is 64.6 cm³/mol. The van der Waals surface area contributed by atoms with Crippen molar-refractivity contribution in [3.05, 3.63) is 0 Å². The van der Waals surface area contributed by atoms with Gasteiger partial charge in [-0.1, -0.05) is 13.8 Å². The van der Waals surface area contributed by atoms with Gasteiger partial charge in [0.2, 0.25) is 5.91 Å². The maximum absolute atomic E-state index is 12.0. The van der Waals surface area contributed by atoms with Crippen LogP contribution in [-0.4, -0.2) is 36.1 Å². The topological polar surface area (TPSA) is 78.4 Å². The van der Waals surface area contributed by atoms with Crippen molar-refractivity contribution >= 4 is 11.9 Å². The molecule has 1 heterocycles. The molecule has 0 saturated carbocycles. The van der Waals surface area contributed by atoms with Crippen LogP contribution in [0.15, 0.2) is 0 Å². The average molecular weight is 242 g/mol. The summed E-state index contributed by atoms with van der Waals surface area (Å²) < 4.78 is 0.